The summed E-state index contributed by atoms with van der Waals surface area (Å²) in [7, 11) is 0. The van der Waals surface area contributed by atoms with E-state index in [1.54, 1.807) is 24.3 Å². The minimum Gasteiger partial charge on any atom is -0.338 e. The molecule has 120 valence electrons. The molecule has 0 aliphatic heterocycles. The Morgan fingerprint density at radius 3 is 2.25 bits per heavy atom. The van der Waals surface area contributed by atoms with E-state index in [1.165, 1.54) is 0 Å². The lowest BCUT2D eigenvalue weighted by molar-refractivity contribution is 0.102. The smallest absolute Gasteiger partial charge is 0.256 e. The van der Waals surface area contributed by atoms with Gasteiger partial charge in [-0.2, -0.15) is 0 Å². The Kier molecular flexibility index (Phi) is 4.86. The highest BCUT2D eigenvalue weighted by molar-refractivity contribution is 9.10. The monoisotopic (exact) mass is 382 g/mol. The van der Waals surface area contributed by atoms with Gasteiger partial charge in [0, 0.05) is 10.0 Å². The van der Waals surface area contributed by atoms with E-state index < -0.39 is 0 Å². The van der Waals surface area contributed by atoms with Gasteiger partial charge in [0.1, 0.15) is 0 Å². The van der Waals surface area contributed by atoms with Crippen LogP contribution in [0.4, 0.5) is 17.3 Å². The van der Waals surface area contributed by atoms with Crippen molar-refractivity contribution in [2.75, 3.05) is 10.6 Å². The van der Waals surface area contributed by atoms with Crippen LogP contribution >= 0.6 is 15.9 Å². The van der Waals surface area contributed by atoms with Crippen molar-refractivity contribution in [3.05, 3.63) is 76.3 Å². The van der Waals surface area contributed by atoms with Gasteiger partial charge in [0.2, 0.25) is 0 Å². The lowest BCUT2D eigenvalue weighted by Gasteiger charge is -2.08. The number of hydrogen-bond acceptors (Lipinski definition) is 4. The van der Waals surface area contributed by atoms with Crippen LogP contribution in [0, 0.1) is 6.92 Å². The van der Waals surface area contributed by atoms with E-state index in [9.17, 15) is 4.79 Å². The van der Waals surface area contributed by atoms with Crippen molar-refractivity contribution in [2.24, 2.45) is 0 Å². The molecule has 1 amide bonds. The number of rotatable bonds is 4. The van der Waals surface area contributed by atoms with Crippen molar-refractivity contribution >= 4 is 39.2 Å². The first-order chi connectivity index (χ1) is 11.6. The van der Waals surface area contributed by atoms with Crippen molar-refractivity contribution in [1.82, 2.24) is 10.2 Å². The molecule has 0 spiro atoms. The molecule has 0 atom stereocenters. The second-order valence-corrected chi connectivity index (χ2v) is 6.08. The SMILES string of the molecule is Cc1ccc(C(=O)Nc2ccc(Nc3ccccc3Br)nn2)cc1. The van der Waals surface area contributed by atoms with Gasteiger partial charge in [-0.05, 0) is 59.3 Å². The van der Waals surface area contributed by atoms with Crippen molar-refractivity contribution in [1.29, 1.82) is 0 Å². The predicted molar refractivity (Wildman–Crippen MR) is 98.6 cm³/mol. The third kappa shape index (κ3) is 3.97. The number of amides is 1. The van der Waals surface area contributed by atoms with Crippen LogP contribution in [0.5, 0.6) is 0 Å². The Bertz CT molecular complexity index is 848. The molecule has 0 saturated carbocycles. The summed E-state index contributed by atoms with van der Waals surface area (Å²) in [6.45, 7) is 1.98. The van der Waals surface area contributed by atoms with E-state index in [-0.39, 0.29) is 5.91 Å². The number of anilines is 3. The molecule has 1 heterocycles. The number of nitrogens with zero attached hydrogens (tertiary/aromatic N) is 2. The highest BCUT2D eigenvalue weighted by Gasteiger charge is 2.07. The molecular weight excluding hydrogens is 368 g/mol. The lowest BCUT2D eigenvalue weighted by atomic mass is 10.1. The van der Waals surface area contributed by atoms with Gasteiger partial charge in [0.15, 0.2) is 11.6 Å². The summed E-state index contributed by atoms with van der Waals surface area (Å²) in [5, 5.41) is 14.0. The predicted octanol–water partition coefficient (Wildman–Crippen LogP) is 4.54. The zero-order chi connectivity index (χ0) is 16.9. The summed E-state index contributed by atoms with van der Waals surface area (Å²) in [4.78, 5) is 12.1. The number of aromatic nitrogens is 2. The van der Waals surface area contributed by atoms with Gasteiger partial charge in [-0.3, -0.25) is 4.79 Å². The number of nitrogens with one attached hydrogen (secondary N) is 2. The number of hydrogen-bond donors (Lipinski definition) is 2. The first-order valence-corrected chi connectivity index (χ1v) is 8.14. The second kappa shape index (κ2) is 7.23. The fourth-order valence-electron chi connectivity index (χ4n) is 2.06. The zero-order valence-corrected chi connectivity index (χ0v) is 14.5. The Morgan fingerprint density at radius 2 is 1.58 bits per heavy atom. The molecule has 0 aliphatic carbocycles. The Morgan fingerprint density at radius 1 is 0.917 bits per heavy atom. The van der Waals surface area contributed by atoms with Gasteiger partial charge in [-0.25, -0.2) is 0 Å². The first-order valence-electron chi connectivity index (χ1n) is 7.35. The average molecular weight is 383 g/mol. The normalized spacial score (nSPS) is 10.2. The average Bonchev–Trinajstić information content (AvgIpc) is 2.59. The van der Waals surface area contributed by atoms with Gasteiger partial charge in [-0.1, -0.05) is 29.8 Å². The molecule has 5 nitrogen and oxygen atoms in total. The molecule has 0 unspecified atom stereocenters. The first kappa shape index (κ1) is 16.1. The van der Waals surface area contributed by atoms with Gasteiger partial charge in [-0.15, -0.1) is 10.2 Å². The van der Waals surface area contributed by atoms with Crippen molar-refractivity contribution < 1.29 is 4.79 Å². The number of aryl methyl sites for hydroxylation is 1. The van der Waals surface area contributed by atoms with Gasteiger partial charge >= 0.3 is 0 Å². The molecule has 24 heavy (non-hydrogen) atoms. The summed E-state index contributed by atoms with van der Waals surface area (Å²) in [6, 6.07) is 18.5. The fourth-order valence-corrected chi connectivity index (χ4v) is 2.44. The van der Waals surface area contributed by atoms with Crippen LogP contribution in [0.25, 0.3) is 0 Å². The van der Waals surface area contributed by atoms with Crippen molar-refractivity contribution in [2.45, 2.75) is 6.92 Å². The minimum atomic E-state index is -0.212. The zero-order valence-electron chi connectivity index (χ0n) is 13.0. The van der Waals surface area contributed by atoms with Crippen LogP contribution in [0.1, 0.15) is 15.9 Å². The molecule has 3 rings (SSSR count). The number of benzene rings is 2. The van der Waals surface area contributed by atoms with E-state index in [0.717, 1.165) is 15.7 Å². The Hall–Kier alpha value is -2.73. The number of carbonyl (C=O) groups is 1. The highest BCUT2D eigenvalue weighted by atomic mass is 79.9. The minimum absolute atomic E-state index is 0.212. The quantitative estimate of drug-likeness (QED) is 0.694. The molecule has 1 aromatic heterocycles. The topological polar surface area (TPSA) is 66.9 Å². The number of halogens is 1. The van der Waals surface area contributed by atoms with Gasteiger partial charge in [0.25, 0.3) is 5.91 Å². The molecule has 0 bridgehead atoms. The summed E-state index contributed by atoms with van der Waals surface area (Å²) in [5.74, 6) is 0.782. The van der Waals surface area contributed by atoms with E-state index in [4.69, 9.17) is 0 Å². The maximum atomic E-state index is 12.1. The van der Waals surface area contributed by atoms with Gasteiger partial charge < -0.3 is 10.6 Å². The van der Waals surface area contributed by atoms with Crippen LogP contribution < -0.4 is 10.6 Å². The van der Waals surface area contributed by atoms with Crippen LogP contribution in [0.3, 0.4) is 0 Å². The Balaban J connectivity index is 1.67. The van der Waals surface area contributed by atoms with E-state index in [0.29, 0.717) is 17.2 Å². The Labute approximate surface area is 148 Å². The maximum Gasteiger partial charge on any atom is 0.256 e. The summed E-state index contributed by atoms with van der Waals surface area (Å²) in [5.41, 5.74) is 2.58. The molecule has 0 radical (unpaired) electrons. The summed E-state index contributed by atoms with van der Waals surface area (Å²) >= 11 is 3.46. The largest absolute Gasteiger partial charge is 0.338 e. The van der Waals surface area contributed by atoms with Crippen LogP contribution in [-0.4, -0.2) is 16.1 Å². The molecule has 0 fully saturated rings. The summed E-state index contributed by atoms with van der Waals surface area (Å²) in [6.07, 6.45) is 0. The molecular formula is C18H15BrN4O. The fraction of sp³-hybridized carbons (Fsp3) is 0.0556. The van der Waals surface area contributed by atoms with Crippen LogP contribution in [0.2, 0.25) is 0 Å². The lowest BCUT2D eigenvalue weighted by Crippen LogP contribution is -2.13. The van der Waals surface area contributed by atoms with E-state index >= 15 is 0 Å². The highest BCUT2D eigenvalue weighted by Crippen LogP contribution is 2.24. The van der Waals surface area contributed by atoms with E-state index in [1.807, 2.05) is 43.3 Å². The summed E-state index contributed by atoms with van der Waals surface area (Å²) < 4.78 is 0.934. The van der Waals surface area contributed by atoms with Crippen LogP contribution in [-0.2, 0) is 0 Å². The number of para-hydroxylation sites is 1. The van der Waals surface area contributed by atoms with Gasteiger partial charge in [0.05, 0.1) is 5.69 Å². The maximum absolute atomic E-state index is 12.1. The van der Waals surface area contributed by atoms with Crippen LogP contribution in [0.15, 0.2) is 65.1 Å². The molecule has 0 aliphatic rings. The standard InChI is InChI=1S/C18H15BrN4O/c1-12-6-8-13(9-7-12)18(24)21-17-11-10-16(22-23-17)20-15-5-3-2-4-14(15)19/h2-11H,1H3,(H,20,22)(H,21,23,24). The number of carbonyl (C=O) groups excluding carboxylic acids is 1. The third-order valence-corrected chi connectivity index (χ3v) is 4.05. The molecule has 2 N–H and O–H groups in total. The van der Waals surface area contributed by atoms with Crippen molar-refractivity contribution in [3.8, 4) is 0 Å². The molecule has 3 aromatic rings. The molecule has 0 saturated heterocycles. The van der Waals surface area contributed by atoms with Crippen molar-refractivity contribution in [3.63, 3.8) is 0 Å². The van der Waals surface area contributed by atoms with E-state index in [2.05, 4.69) is 36.8 Å². The second-order valence-electron chi connectivity index (χ2n) is 5.23. The molecule has 6 heteroatoms. The molecule has 2 aromatic carbocycles. The third-order valence-electron chi connectivity index (χ3n) is 3.36.